The minimum atomic E-state index is -0.419. The smallest absolute Gasteiger partial charge is 0.275 e. The largest absolute Gasteiger partial charge is 0.294 e. The first-order chi connectivity index (χ1) is 9.81. The van der Waals surface area contributed by atoms with E-state index in [-0.39, 0.29) is 18.0 Å². The van der Waals surface area contributed by atoms with Crippen molar-refractivity contribution in [2.75, 3.05) is 0 Å². The number of benzene rings is 1. The number of nitro benzene ring substituents is 1. The van der Waals surface area contributed by atoms with E-state index in [1.54, 1.807) is 30.7 Å². The molecule has 2 rings (SSSR count). The summed E-state index contributed by atoms with van der Waals surface area (Å²) in [5.41, 5.74) is 2.51. The van der Waals surface area contributed by atoms with Gasteiger partial charge in [0, 0.05) is 16.2 Å². The Morgan fingerprint density at radius 3 is 2.62 bits per heavy atom. The second-order valence-electron chi connectivity index (χ2n) is 4.79. The quantitative estimate of drug-likeness (QED) is 0.480. The van der Waals surface area contributed by atoms with E-state index in [1.807, 2.05) is 0 Å². The van der Waals surface area contributed by atoms with Crippen molar-refractivity contribution in [3.05, 3.63) is 55.3 Å². The van der Waals surface area contributed by atoms with Crippen LogP contribution in [0.5, 0.6) is 0 Å². The van der Waals surface area contributed by atoms with E-state index < -0.39 is 4.92 Å². The Hall–Kier alpha value is -2.02. The monoisotopic (exact) mass is 351 g/mol. The molecule has 0 aliphatic rings. The number of halogens is 1. The Bertz CT molecular complexity index is 737. The molecule has 0 saturated heterocycles. The second kappa shape index (κ2) is 5.77. The molecule has 1 heterocycles. The van der Waals surface area contributed by atoms with Gasteiger partial charge in [-0.3, -0.25) is 19.6 Å². The number of hydrogen-bond donors (Lipinski definition) is 0. The van der Waals surface area contributed by atoms with E-state index in [4.69, 9.17) is 0 Å². The zero-order valence-electron chi connectivity index (χ0n) is 11.9. The lowest BCUT2D eigenvalue weighted by Crippen LogP contribution is -2.07. The van der Waals surface area contributed by atoms with E-state index in [2.05, 4.69) is 21.0 Å². The van der Waals surface area contributed by atoms with Crippen LogP contribution in [0.25, 0.3) is 0 Å². The number of aryl methyl sites for hydroxylation is 1. The van der Waals surface area contributed by atoms with E-state index in [0.29, 0.717) is 21.3 Å². The predicted molar refractivity (Wildman–Crippen MR) is 81.6 cm³/mol. The average molecular weight is 352 g/mol. The Morgan fingerprint density at radius 1 is 1.43 bits per heavy atom. The van der Waals surface area contributed by atoms with Gasteiger partial charge in [0.05, 0.1) is 28.3 Å². The maximum absolute atomic E-state index is 11.6. The maximum Gasteiger partial charge on any atom is 0.275 e. The number of nitro groups is 1. The molecule has 0 spiro atoms. The molecule has 21 heavy (non-hydrogen) atoms. The third kappa shape index (κ3) is 3.02. The summed E-state index contributed by atoms with van der Waals surface area (Å²) in [7, 11) is 0. The normalized spacial score (nSPS) is 10.7. The molecular formula is C14H14BrN3O3. The molecule has 0 saturated carbocycles. The molecule has 1 aromatic heterocycles. The summed E-state index contributed by atoms with van der Waals surface area (Å²) in [6.45, 7) is 5.30. The summed E-state index contributed by atoms with van der Waals surface area (Å²) >= 11 is 3.23. The molecule has 0 atom stereocenters. The van der Waals surface area contributed by atoms with Gasteiger partial charge in [-0.25, -0.2) is 0 Å². The molecule has 0 unspecified atom stereocenters. The summed E-state index contributed by atoms with van der Waals surface area (Å²) in [4.78, 5) is 22.3. The van der Waals surface area contributed by atoms with Crippen LogP contribution in [0.1, 0.15) is 34.2 Å². The lowest BCUT2D eigenvalue weighted by atomic mass is 10.1. The maximum atomic E-state index is 11.6. The number of nitrogens with zero attached hydrogens (tertiary/aromatic N) is 3. The van der Waals surface area contributed by atoms with Crippen LogP contribution in [-0.4, -0.2) is 20.5 Å². The first kappa shape index (κ1) is 15.4. The van der Waals surface area contributed by atoms with Crippen molar-refractivity contribution in [3.63, 3.8) is 0 Å². The van der Waals surface area contributed by atoms with Gasteiger partial charge in [-0.15, -0.1) is 0 Å². The molecule has 0 N–H and O–H groups in total. The van der Waals surface area contributed by atoms with Gasteiger partial charge in [-0.1, -0.05) is 15.9 Å². The fourth-order valence-corrected chi connectivity index (χ4v) is 2.71. The SMILES string of the molecule is CC(=O)c1c(C)nn(Cc2ccc(Br)cc2[N+](=O)[O-])c1C. The highest BCUT2D eigenvalue weighted by Gasteiger charge is 2.19. The number of carbonyl (C=O) groups is 1. The van der Waals surface area contributed by atoms with Gasteiger partial charge in [0.1, 0.15) is 0 Å². The van der Waals surface area contributed by atoms with Gasteiger partial charge in [-0.2, -0.15) is 5.10 Å². The number of carbonyl (C=O) groups excluding carboxylic acids is 1. The van der Waals surface area contributed by atoms with Gasteiger partial charge >= 0.3 is 0 Å². The van der Waals surface area contributed by atoms with Crippen molar-refractivity contribution in [2.24, 2.45) is 0 Å². The molecule has 0 fully saturated rings. The van der Waals surface area contributed by atoms with Crippen molar-refractivity contribution in [2.45, 2.75) is 27.3 Å². The molecule has 110 valence electrons. The highest BCUT2D eigenvalue weighted by Crippen LogP contribution is 2.25. The van der Waals surface area contributed by atoms with Crippen molar-refractivity contribution < 1.29 is 9.72 Å². The van der Waals surface area contributed by atoms with Crippen LogP contribution in [0.2, 0.25) is 0 Å². The fraction of sp³-hybridized carbons (Fsp3) is 0.286. The minimum Gasteiger partial charge on any atom is -0.294 e. The summed E-state index contributed by atoms with van der Waals surface area (Å²) in [6.07, 6.45) is 0. The van der Waals surface area contributed by atoms with E-state index in [0.717, 1.165) is 5.69 Å². The summed E-state index contributed by atoms with van der Waals surface area (Å²) in [6, 6.07) is 4.90. The van der Waals surface area contributed by atoms with Crippen LogP contribution in [-0.2, 0) is 6.54 Å². The second-order valence-corrected chi connectivity index (χ2v) is 5.71. The predicted octanol–water partition coefficient (Wildman–Crippen LogP) is 3.42. The zero-order valence-corrected chi connectivity index (χ0v) is 13.5. The number of Topliss-reactive ketones (excluding diaryl/α,β-unsaturated/α-hetero) is 1. The van der Waals surface area contributed by atoms with Gasteiger partial charge in [0.25, 0.3) is 5.69 Å². The third-order valence-corrected chi connectivity index (χ3v) is 3.79. The summed E-state index contributed by atoms with van der Waals surface area (Å²) < 4.78 is 2.28. The first-order valence-corrected chi connectivity index (χ1v) is 7.08. The van der Waals surface area contributed by atoms with E-state index >= 15 is 0 Å². The molecule has 2 aromatic rings. The lowest BCUT2D eigenvalue weighted by molar-refractivity contribution is -0.385. The van der Waals surface area contributed by atoms with Crippen molar-refractivity contribution in [1.29, 1.82) is 0 Å². The molecule has 0 bridgehead atoms. The molecule has 0 aliphatic carbocycles. The molecule has 0 radical (unpaired) electrons. The summed E-state index contributed by atoms with van der Waals surface area (Å²) in [5.74, 6) is -0.0541. The van der Waals surface area contributed by atoms with E-state index in [9.17, 15) is 14.9 Å². The average Bonchev–Trinajstić information content (AvgIpc) is 2.66. The number of aromatic nitrogens is 2. The Labute approximate surface area is 130 Å². The van der Waals surface area contributed by atoms with E-state index in [1.165, 1.54) is 13.0 Å². The zero-order chi connectivity index (χ0) is 15.7. The van der Waals surface area contributed by atoms with Crippen molar-refractivity contribution >= 4 is 27.4 Å². The minimum absolute atomic E-state index is 0.0290. The topological polar surface area (TPSA) is 78.0 Å². The molecule has 1 aromatic carbocycles. The Balaban J connectivity index is 2.46. The third-order valence-electron chi connectivity index (χ3n) is 3.30. The fourth-order valence-electron chi connectivity index (χ4n) is 2.36. The first-order valence-electron chi connectivity index (χ1n) is 6.29. The van der Waals surface area contributed by atoms with Gasteiger partial charge in [0.15, 0.2) is 5.78 Å². The lowest BCUT2D eigenvalue weighted by Gasteiger charge is -2.06. The Kier molecular flexibility index (Phi) is 4.22. The molecule has 7 heteroatoms. The molecule has 0 amide bonds. The van der Waals surface area contributed by atoms with Gasteiger partial charge < -0.3 is 0 Å². The van der Waals surface area contributed by atoms with Crippen LogP contribution >= 0.6 is 15.9 Å². The van der Waals surface area contributed by atoms with Crippen LogP contribution < -0.4 is 0 Å². The molecule has 6 nitrogen and oxygen atoms in total. The van der Waals surface area contributed by atoms with Crippen molar-refractivity contribution in [1.82, 2.24) is 9.78 Å². The highest BCUT2D eigenvalue weighted by molar-refractivity contribution is 9.10. The highest BCUT2D eigenvalue weighted by atomic mass is 79.9. The van der Waals surface area contributed by atoms with Crippen molar-refractivity contribution in [3.8, 4) is 0 Å². The number of hydrogen-bond acceptors (Lipinski definition) is 4. The van der Waals surface area contributed by atoms with Gasteiger partial charge in [0.2, 0.25) is 0 Å². The Morgan fingerprint density at radius 2 is 2.10 bits per heavy atom. The van der Waals surface area contributed by atoms with Crippen LogP contribution in [0.3, 0.4) is 0 Å². The van der Waals surface area contributed by atoms with Crippen LogP contribution in [0.4, 0.5) is 5.69 Å². The summed E-state index contributed by atoms with van der Waals surface area (Å²) in [5, 5.41) is 15.4. The number of ketones is 1. The van der Waals surface area contributed by atoms with Crippen LogP contribution in [0.15, 0.2) is 22.7 Å². The standard InChI is InChI=1S/C14H14BrN3O3/c1-8-14(10(3)19)9(2)17(16-8)7-11-4-5-12(15)6-13(11)18(20)21/h4-6H,7H2,1-3H3. The molecular weight excluding hydrogens is 338 g/mol. The number of rotatable bonds is 4. The molecule has 0 aliphatic heterocycles. The van der Waals surface area contributed by atoms with Gasteiger partial charge in [-0.05, 0) is 32.9 Å². The van der Waals surface area contributed by atoms with Crippen LogP contribution in [0, 0.1) is 24.0 Å².